The van der Waals surface area contributed by atoms with E-state index < -0.39 is 5.92 Å². The predicted molar refractivity (Wildman–Crippen MR) is 238 cm³/mol. The third-order valence-corrected chi connectivity index (χ3v) is 14.8. The number of benzene rings is 1. The third kappa shape index (κ3) is 10.8. The van der Waals surface area contributed by atoms with Crippen LogP contribution in [0.1, 0.15) is 190 Å². The molecule has 6 heterocycles. The second-order valence-corrected chi connectivity index (χ2v) is 20.0. The second kappa shape index (κ2) is 19.9. The van der Waals surface area contributed by atoms with Gasteiger partial charge in [0.2, 0.25) is 17.7 Å². The summed E-state index contributed by atoms with van der Waals surface area (Å²) in [5, 5.41) is 23.9. The minimum Gasteiger partial charge on any atom is -0.354 e. The predicted octanol–water partition coefficient (Wildman–Crippen LogP) is 8.74. The van der Waals surface area contributed by atoms with Crippen LogP contribution in [0.2, 0.25) is 0 Å². The average Bonchev–Trinajstić information content (AvgIpc) is 3.94. The zero-order valence-corrected chi connectivity index (χ0v) is 38.7. The zero-order chi connectivity index (χ0) is 44.3. The highest BCUT2D eigenvalue weighted by molar-refractivity contribution is 5.79. The highest BCUT2D eigenvalue weighted by atomic mass is 19.3. The van der Waals surface area contributed by atoms with Gasteiger partial charge in [-0.25, -0.2) is 8.78 Å². The summed E-state index contributed by atoms with van der Waals surface area (Å²) in [5.41, 5.74) is 1.08. The van der Waals surface area contributed by atoms with E-state index in [9.17, 15) is 18.4 Å². The summed E-state index contributed by atoms with van der Waals surface area (Å²) in [4.78, 5) is 29.7. The van der Waals surface area contributed by atoms with Gasteiger partial charge in [0.1, 0.15) is 23.3 Å². The van der Waals surface area contributed by atoms with Crippen molar-refractivity contribution in [3.63, 3.8) is 0 Å². The summed E-state index contributed by atoms with van der Waals surface area (Å²) in [5.74, 6) is 2.10. The number of amides is 2. The summed E-state index contributed by atoms with van der Waals surface area (Å²) in [6.45, 7) is 18.6. The molecule has 2 aromatic heterocycles. The van der Waals surface area contributed by atoms with E-state index in [0.29, 0.717) is 48.1 Å². The minimum atomic E-state index is -2.62. The maximum Gasteiger partial charge on any atom is 0.248 e. The zero-order valence-electron chi connectivity index (χ0n) is 38.7. The van der Waals surface area contributed by atoms with Crippen molar-refractivity contribution < 1.29 is 18.4 Å². The summed E-state index contributed by atoms with van der Waals surface area (Å²) in [7, 11) is 0. The fraction of sp³-hybridized carbons (Fsp3) is 0.750. The van der Waals surface area contributed by atoms with E-state index in [4.69, 9.17) is 0 Å². The average molecular weight is 861 g/mol. The molecular weight excluding hydrogens is 787 g/mol. The minimum absolute atomic E-state index is 0.0680. The van der Waals surface area contributed by atoms with Crippen LogP contribution in [-0.2, 0) is 9.59 Å². The van der Waals surface area contributed by atoms with Crippen LogP contribution in [0.4, 0.5) is 8.78 Å². The molecule has 3 unspecified atom stereocenters. The lowest BCUT2D eigenvalue weighted by Crippen LogP contribution is -2.45. The van der Waals surface area contributed by atoms with Gasteiger partial charge in [0.05, 0.1) is 6.04 Å². The number of alkyl halides is 2. The fourth-order valence-corrected chi connectivity index (χ4v) is 11.7. The normalized spacial score (nSPS) is 27.2. The van der Waals surface area contributed by atoms with Gasteiger partial charge in [-0.2, -0.15) is 0 Å². The topological polar surface area (TPSA) is 126 Å². The lowest BCUT2D eigenvalue weighted by Gasteiger charge is -2.40. The van der Waals surface area contributed by atoms with Gasteiger partial charge in [-0.3, -0.25) is 19.4 Å². The van der Waals surface area contributed by atoms with Crippen LogP contribution in [0.15, 0.2) is 30.3 Å². The number of nitrogens with one attached hydrogen (secondary N) is 2. The molecule has 5 aliphatic rings. The molecule has 2 amide bonds. The molecule has 2 N–H and O–H groups in total. The first kappa shape index (κ1) is 46.2. The molecule has 0 spiro atoms. The highest BCUT2D eigenvalue weighted by Crippen LogP contribution is 2.44. The number of hydrogen-bond acceptors (Lipinski definition) is 8. The van der Waals surface area contributed by atoms with Crippen LogP contribution in [0.25, 0.3) is 0 Å². The van der Waals surface area contributed by atoms with Crippen LogP contribution >= 0.6 is 0 Å². The Morgan fingerprint density at radius 2 is 1.11 bits per heavy atom. The molecule has 4 aliphatic heterocycles. The molecule has 1 saturated carbocycles. The fourth-order valence-electron chi connectivity index (χ4n) is 11.7. The number of rotatable bonds is 14. The molecule has 12 nitrogen and oxygen atoms in total. The van der Waals surface area contributed by atoms with Gasteiger partial charge < -0.3 is 19.8 Å². The molecule has 62 heavy (non-hydrogen) atoms. The maximum absolute atomic E-state index is 13.6. The molecule has 4 bridgehead atoms. The molecular formula is C48H74F2N10O2. The number of carbonyl (C=O) groups is 2. The van der Waals surface area contributed by atoms with Crippen molar-refractivity contribution in [2.45, 2.75) is 211 Å². The number of aromatic nitrogens is 6. The van der Waals surface area contributed by atoms with E-state index in [1.165, 1.54) is 38.5 Å². The molecule has 5 fully saturated rings. The Morgan fingerprint density at radius 1 is 0.661 bits per heavy atom. The van der Waals surface area contributed by atoms with Gasteiger partial charge >= 0.3 is 0 Å². The van der Waals surface area contributed by atoms with E-state index in [1.807, 2.05) is 18.2 Å². The molecule has 342 valence electrons. The number of fused-ring (bicyclic) bond motifs is 4. The van der Waals surface area contributed by atoms with E-state index in [-0.39, 0.29) is 55.5 Å². The smallest absolute Gasteiger partial charge is 0.248 e. The molecule has 3 aromatic rings. The standard InChI is InChI=1S/C29H41F2N5O.C19H33N5O/c1-19(2)27-34-33-20(3)36(27)25-17-23-9-10-24(18-25)35(23)16-13-26(21-7-5-4-6-8-21)32-28(37)22-11-14-29(30,31)15-12-22;1-12(2)19-22-21-14(4)24(19)18-10-16-6-7-17(11-18)23(16)9-8-13(3)20-15(5)25/h4-8,19,22-26H,9-18H2,1-3H3,(H,32,37);12-13,16-18H,6-11H2,1-5H3,(H,20,25)/t23-,24+,25?,26-;13-,16?,17?,18?/m01/s1. The van der Waals surface area contributed by atoms with E-state index in [0.717, 1.165) is 67.6 Å². The number of aryl methyl sites for hydroxylation is 2. The van der Waals surface area contributed by atoms with Crippen molar-refractivity contribution in [3.8, 4) is 0 Å². The first-order valence-electron chi connectivity index (χ1n) is 23.9. The highest BCUT2D eigenvalue weighted by Gasteiger charge is 2.44. The SMILES string of the molecule is CC(=O)N[C@H](C)CCN1C2CCC1CC(n1c(C)nnc1C(C)C)C2.Cc1nnc(C(C)C)n1C1C[C@H]2CC[C@@H](C1)N2CC[C@H](NC(=O)C1CCC(F)(F)CC1)c1ccccc1. The van der Waals surface area contributed by atoms with E-state index in [1.54, 1.807) is 6.92 Å². The van der Waals surface area contributed by atoms with Gasteiger partial charge in [-0.05, 0) is 103 Å². The molecule has 0 radical (unpaired) electrons. The largest absolute Gasteiger partial charge is 0.354 e. The lowest BCUT2D eigenvalue weighted by molar-refractivity contribution is -0.130. The number of hydrogen-bond donors (Lipinski definition) is 2. The number of carbonyl (C=O) groups excluding carboxylic acids is 2. The Balaban J connectivity index is 0.000000201. The monoisotopic (exact) mass is 861 g/mol. The number of piperidine rings is 2. The quantitative estimate of drug-likeness (QED) is 0.165. The molecule has 8 rings (SSSR count). The first-order valence-corrected chi connectivity index (χ1v) is 23.9. The lowest BCUT2D eigenvalue weighted by atomic mass is 9.86. The summed E-state index contributed by atoms with van der Waals surface area (Å²) >= 11 is 0. The Morgan fingerprint density at radius 3 is 1.55 bits per heavy atom. The van der Waals surface area contributed by atoms with Crippen LogP contribution in [0.3, 0.4) is 0 Å². The van der Waals surface area contributed by atoms with Gasteiger partial charge in [0.25, 0.3) is 0 Å². The van der Waals surface area contributed by atoms with Crippen LogP contribution < -0.4 is 10.6 Å². The van der Waals surface area contributed by atoms with E-state index >= 15 is 0 Å². The van der Waals surface area contributed by atoms with Crippen molar-refractivity contribution in [2.75, 3.05) is 13.1 Å². The Bertz CT molecular complexity index is 1910. The second-order valence-electron chi connectivity index (χ2n) is 20.0. The van der Waals surface area contributed by atoms with Crippen molar-refractivity contribution >= 4 is 11.8 Å². The Kier molecular flexibility index (Phi) is 14.9. The number of nitrogens with zero attached hydrogens (tertiary/aromatic N) is 8. The molecule has 7 atom stereocenters. The van der Waals surface area contributed by atoms with E-state index in [2.05, 4.69) is 111 Å². The Hall–Kier alpha value is -3.78. The van der Waals surface area contributed by atoms with Crippen molar-refractivity contribution in [3.05, 3.63) is 59.2 Å². The molecule has 1 aliphatic carbocycles. The van der Waals surface area contributed by atoms with Crippen molar-refractivity contribution in [1.82, 2.24) is 50.0 Å². The van der Waals surface area contributed by atoms with Gasteiger partial charge in [0.15, 0.2) is 0 Å². The van der Waals surface area contributed by atoms with Crippen LogP contribution in [0.5, 0.6) is 0 Å². The first-order chi connectivity index (χ1) is 29.6. The summed E-state index contributed by atoms with van der Waals surface area (Å²) in [6, 6.07) is 13.6. The molecule has 1 aromatic carbocycles. The van der Waals surface area contributed by atoms with Gasteiger partial charge in [0, 0.05) is 92.9 Å². The van der Waals surface area contributed by atoms with Gasteiger partial charge in [-0.1, -0.05) is 58.0 Å². The van der Waals surface area contributed by atoms with Gasteiger partial charge in [-0.15, -0.1) is 20.4 Å². The Labute approximate surface area is 368 Å². The summed E-state index contributed by atoms with van der Waals surface area (Å²) in [6.07, 6.45) is 11.6. The van der Waals surface area contributed by atoms with Crippen molar-refractivity contribution in [1.29, 1.82) is 0 Å². The number of halogens is 2. The van der Waals surface area contributed by atoms with Crippen LogP contribution in [-0.4, -0.2) is 100 Å². The van der Waals surface area contributed by atoms with Crippen LogP contribution in [0, 0.1) is 19.8 Å². The third-order valence-electron chi connectivity index (χ3n) is 14.8. The molecule has 14 heteroatoms. The molecule has 4 saturated heterocycles. The maximum atomic E-state index is 13.6. The van der Waals surface area contributed by atoms with Crippen molar-refractivity contribution in [2.24, 2.45) is 5.92 Å². The summed E-state index contributed by atoms with van der Waals surface area (Å²) < 4.78 is 32.1.